The summed E-state index contributed by atoms with van der Waals surface area (Å²) in [7, 11) is 0. The highest BCUT2D eigenvalue weighted by molar-refractivity contribution is 7.71. The zero-order valence-corrected chi connectivity index (χ0v) is 11.9. The van der Waals surface area contributed by atoms with Crippen LogP contribution in [-0.4, -0.2) is 14.8 Å². The van der Waals surface area contributed by atoms with E-state index in [2.05, 4.69) is 37.9 Å². The third-order valence-electron chi connectivity index (χ3n) is 3.63. The van der Waals surface area contributed by atoms with Gasteiger partial charge < -0.3 is 5.73 Å². The normalized spacial score (nSPS) is 23.8. The number of hydrogen-bond donors (Lipinski definition) is 2. The molecule has 0 aromatic carbocycles. The highest BCUT2D eigenvalue weighted by Gasteiger charge is 2.39. The summed E-state index contributed by atoms with van der Waals surface area (Å²) in [5, 5.41) is 6.79. The van der Waals surface area contributed by atoms with Gasteiger partial charge >= 0.3 is 0 Å². The Labute approximate surface area is 108 Å². The van der Waals surface area contributed by atoms with Crippen molar-refractivity contribution >= 4 is 18.2 Å². The van der Waals surface area contributed by atoms with E-state index in [1.165, 1.54) is 6.42 Å². The summed E-state index contributed by atoms with van der Waals surface area (Å²) in [6.45, 7) is 9.28. The maximum absolute atomic E-state index is 5.90. The van der Waals surface area contributed by atoms with Crippen LogP contribution in [0.1, 0.15) is 53.0 Å². The van der Waals surface area contributed by atoms with E-state index in [0.717, 1.165) is 12.8 Å². The molecule has 5 heteroatoms. The molecule has 1 aliphatic rings. The molecule has 17 heavy (non-hydrogen) atoms. The van der Waals surface area contributed by atoms with E-state index >= 15 is 0 Å². The molecule has 0 aliphatic heterocycles. The first-order chi connectivity index (χ1) is 7.70. The van der Waals surface area contributed by atoms with E-state index in [1.807, 2.05) is 4.57 Å². The second kappa shape index (κ2) is 3.83. The van der Waals surface area contributed by atoms with Crippen molar-refractivity contribution in [2.24, 2.45) is 10.8 Å². The molecular formula is C12H22N4S. The minimum atomic E-state index is 0.324. The van der Waals surface area contributed by atoms with Gasteiger partial charge in [-0.3, -0.25) is 4.57 Å². The van der Waals surface area contributed by atoms with Gasteiger partial charge in [-0.1, -0.05) is 27.7 Å². The van der Waals surface area contributed by atoms with Crippen molar-refractivity contribution in [1.29, 1.82) is 0 Å². The molecule has 0 bridgehead atoms. The predicted molar refractivity (Wildman–Crippen MR) is 72.3 cm³/mol. The average Bonchev–Trinajstić information content (AvgIpc) is 2.40. The molecule has 0 amide bonds. The molecule has 0 radical (unpaired) electrons. The molecule has 0 atom stereocenters. The van der Waals surface area contributed by atoms with Crippen LogP contribution in [0.5, 0.6) is 0 Å². The molecule has 1 fully saturated rings. The van der Waals surface area contributed by atoms with Crippen molar-refractivity contribution in [3.8, 4) is 0 Å². The van der Waals surface area contributed by atoms with E-state index in [0.29, 0.717) is 27.6 Å². The molecular weight excluding hydrogens is 232 g/mol. The first-order valence-electron chi connectivity index (χ1n) is 6.13. The largest absolute Gasteiger partial charge is 0.368 e. The molecule has 1 aromatic rings. The zero-order valence-electron chi connectivity index (χ0n) is 11.1. The van der Waals surface area contributed by atoms with Crippen molar-refractivity contribution in [3.05, 3.63) is 4.77 Å². The molecule has 3 N–H and O–H groups in total. The smallest absolute Gasteiger partial charge is 0.220 e. The van der Waals surface area contributed by atoms with Crippen LogP contribution in [0.15, 0.2) is 0 Å². The van der Waals surface area contributed by atoms with Gasteiger partial charge in [0, 0.05) is 6.04 Å². The third-order valence-corrected chi connectivity index (χ3v) is 3.92. The summed E-state index contributed by atoms with van der Waals surface area (Å²) in [6.07, 6.45) is 3.45. The molecule has 1 saturated carbocycles. The Bertz CT molecular complexity index is 453. The SMILES string of the molecule is CC1(C)CC(n2c(N)n[nH]c2=S)CC(C)(C)C1. The molecule has 4 nitrogen and oxygen atoms in total. The predicted octanol–water partition coefficient (Wildman–Crippen LogP) is 3.30. The van der Waals surface area contributed by atoms with Crippen LogP contribution < -0.4 is 5.73 Å². The summed E-state index contributed by atoms with van der Waals surface area (Å²) in [5.74, 6) is 0.508. The number of hydrogen-bond acceptors (Lipinski definition) is 3. The molecule has 2 rings (SSSR count). The van der Waals surface area contributed by atoms with E-state index in [9.17, 15) is 0 Å². The van der Waals surface area contributed by atoms with E-state index in [4.69, 9.17) is 18.0 Å². The van der Waals surface area contributed by atoms with Crippen LogP contribution in [0.3, 0.4) is 0 Å². The topological polar surface area (TPSA) is 59.6 Å². The van der Waals surface area contributed by atoms with Crippen LogP contribution in [-0.2, 0) is 0 Å². The van der Waals surface area contributed by atoms with E-state index in [1.54, 1.807) is 0 Å². The number of anilines is 1. The minimum Gasteiger partial charge on any atom is -0.368 e. The number of aromatic amines is 1. The molecule has 0 saturated heterocycles. The Morgan fingerprint density at radius 3 is 2.24 bits per heavy atom. The van der Waals surface area contributed by atoms with Crippen LogP contribution in [0.2, 0.25) is 0 Å². The van der Waals surface area contributed by atoms with Gasteiger partial charge in [-0.05, 0) is 42.3 Å². The summed E-state index contributed by atoms with van der Waals surface area (Å²) >= 11 is 5.27. The van der Waals surface area contributed by atoms with Gasteiger partial charge in [-0.25, -0.2) is 5.10 Å². The first kappa shape index (κ1) is 12.6. The van der Waals surface area contributed by atoms with Gasteiger partial charge in [0.15, 0.2) is 4.77 Å². The van der Waals surface area contributed by atoms with Crippen LogP contribution >= 0.6 is 12.2 Å². The fourth-order valence-corrected chi connectivity index (χ4v) is 3.93. The molecule has 0 spiro atoms. The lowest BCUT2D eigenvalue weighted by molar-refractivity contribution is 0.0725. The Kier molecular flexibility index (Phi) is 2.84. The number of H-pyrrole nitrogens is 1. The van der Waals surface area contributed by atoms with Crippen molar-refractivity contribution in [3.63, 3.8) is 0 Å². The average molecular weight is 254 g/mol. The van der Waals surface area contributed by atoms with Crippen LogP contribution in [0, 0.1) is 15.6 Å². The first-order valence-corrected chi connectivity index (χ1v) is 6.53. The van der Waals surface area contributed by atoms with Gasteiger partial charge in [0.25, 0.3) is 0 Å². The van der Waals surface area contributed by atoms with E-state index < -0.39 is 0 Å². The maximum Gasteiger partial charge on any atom is 0.220 e. The summed E-state index contributed by atoms with van der Waals surface area (Å²) < 4.78 is 2.62. The molecule has 96 valence electrons. The van der Waals surface area contributed by atoms with Gasteiger partial charge in [0.2, 0.25) is 5.95 Å². The summed E-state index contributed by atoms with van der Waals surface area (Å²) in [6, 6.07) is 0.361. The fourth-order valence-electron chi connectivity index (χ4n) is 3.64. The fraction of sp³-hybridized carbons (Fsp3) is 0.833. The van der Waals surface area contributed by atoms with Crippen molar-refractivity contribution in [2.45, 2.75) is 53.0 Å². The van der Waals surface area contributed by atoms with Gasteiger partial charge in [0.1, 0.15) is 0 Å². The van der Waals surface area contributed by atoms with Crippen molar-refractivity contribution in [2.75, 3.05) is 5.73 Å². The number of nitrogens with zero attached hydrogens (tertiary/aromatic N) is 2. The van der Waals surface area contributed by atoms with Crippen molar-refractivity contribution in [1.82, 2.24) is 14.8 Å². The highest BCUT2D eigenvalue weighted by Crippen LogP contribution is 2.50. The molecule has 1 aromatic heterocycles. The third kappa shape index (κ3) is 2.54. The minimum absolute atomic E-state index is 0.324. The lowest BCUT2D eigenvalue weighted by atomic mass is 9.63. The number of nitrogen functional groups attached to an aromatic ring is 1. The summed E-state index contributed by atoms with van der Waals surface area (Å²) in [4.78, 5) is 0. The van der Waals surface area contributed by atoms with Crippen molar-refractivity contribution < 1.29 is 0 Å². The quantitative estimate of drug-likeness (QED) is 0.756. The second-order valence-electron chi connectivity index (χ2n) is 6.82. The van der Waals surface area contributed by atoms with Gasteiger partial charge in [-0.2, -0.15) is 0 Å². The number of aromatic nitrogens is 3. The molecule has 0 unspecified atom stereocenters. The number of rotatable bonds is 1. The van der Waals surface area contributed by atoms with Gasteiger partial charge in [-0.15, -0.1) is 5.10 Å². The lowest BCUT2D eigenvalue weighted by Gasteiger charge is -2.45. The number of nitrogens with two attached hydrogens (primary N) is 1. The van der Waals surface area contributed by atoms with Gasteiger partial charge in [0.05, 0.1) is 0 Å². The monoisotopic (exact) mass is 254 g/mol. The van der Waals surface area contributed by atoms with Crippen LogP contribution in [0.4, 0.5) is 5.95 Å². The molecule has 1 aliphatic carbocycles. The Morgan fingerprint density at radius 2 is 1.82 bits per heavy atom. The Balaban J connectivity index is 2.37. The molecule has 1 heterocycles. The number of nitrogens with one attached hydrogen (secondary N) is 1. The standard InChI is InChI=1S/C12H22N4S/c1-11(2)5-8(6-12(3,4)7-11)16-9(13)14-15-10(16)17/h8H,5-7H2,1-4H3,(H2,13,14)(H,15,17). The Morgan fingerprint density at radius 1 is 1.29 bits per heavy atom. The highest BCUT2D eigenvalue weighted by atomic mass is 32.1. The van der Waals surface area contributed by atoms with E-state index in [-0.39, 0.29) is 0 Å². The Hall–Kier alpha value is -0.840. The summed E-state index contributed by atoms with van der Waals surface area (Å²) in [5.41, 5.74) is 6.55. The lowest BCUT2D eigenvalue weighted by Crippen LogP contribution is -2.35. The van der Waals surface area contributed by atoms with Crippen LogP contribution in [0.25, 0.3) is 0 Å². The second-order valence-corrected chi connectivity index (χ2v) is 7.21. The zero-order chi connectivity index (χ0) is 12.8. The maximum atomic E-state index is 5.90.